The van der Waals surface area contributed by atoms with Gasteiger partial charge < -0.3 is 58.9 Å². The van der Waals surface area contributed by atoms with E-state index < -0.39 is 77.6 Å². The number of sulfonamides is 3. The zero-order valence-corrected chi connectivity index (χ0v) is 74.5. The molecule has 6 amide bonds. The first kappa shape index (κ1) is 101. The van der Waals surface area contributed by atoms with Crippen LogP contribution in [-0.4, -0.2) is 195 Å². The Bertz CT molecular complexity index is 6190. The monoisotopic (exact) mass is 1890 g/mol. The van der Waals surface area contributed by atoms with Gasteiger partial charge in [-0.25, -0.2) is 58.1 Å². The maximum absolute atomic E-state index is 15.4. The number of hydrogen-bond acceptors (Lipinski definition) is 20. The number of nitrogens with two attached hydrogens (primary N) is 3. The van der Waals surface area contributed by atoms with E-state index in [-0.39, 0.29) is 137 Å². The highest BCUT2D eigenvalue weighted by Gasteiger charge is 2.42. The van der Waals surface area contributed by atoms with Crippen molar-refractivity contribution in [1.82, 2.24) is 59.8 Å². The molecular weight excluding hydrogens is 1780 g/mol. The maximum atomic E-state index is 15.4. The van der Waals surface area contributed by atoms with Crippen LogP contribution in [0.3, 0.4) is 0 Å². The second-order valence-electron chi connectivity index (χ2n) is 31.5. The number of nitrogens with one attached hydrogen (secondary N) is 6. The van der Waals surface area contributed by atoms with Crippen LogP contribution in [0.15, 0.2) is 161 Å². The normalized spacial score (nSPS) is 15.1. The maximum Gasteiger partial charge on any atom is 0.471 e. The summed E-state index contributed by atoms with van der Waals surface area (Å²) in [6, 6.07) is 31.4. The summed E-state index contributed by atoms with van der Waals surface area (Å²) in [7, 11) is -12.1. The number of fused-ring (bicyclic) bond motifs is 3. The molecule has 132 heavy (non-hydrogen) atoms. The molecule has 3 fully saturated rings. The third-order valence-electron chi connectivity index (χ3n) is 22.3. The Morgan fingerprint density at radius 1 is 0.470 bits per heavy atom. The van der Waals surface area contributed by atoms with Crippen molar-refractivity contribution in [2.75, 3.05) is 76.1 Å². The van der Waals surface area contributed by atoms with Crippen molar-refractivity contribution in [2.45, 2.75) is 170 Å². The number of benzene rings is 6. The number of alkyl halides is 3. The number of carbonyl (C=O) groups is 8. The largest absolute Gasteiger partial charge is 0.481 e. The smallest absolute Gasteiger partial charge is 0.471 e. The number of carboxylic acid groups (broad SMARTS) is 2. The number of amides is 6. The Labute approximate surface area is 760 Å². The number of rotatable bonds is 27. The minimum absolute atomic E-state index is 0. The summed E-state index contributed by atoms with van der Waals surface area (Å²) in [4.78, 5) is 103. The zero-order chi connectivity index (χ0) is 95.0. The fourth-order valence-corrected chi connectivity index (χ4v) is 19.7. The number of aliphatic carboxylic acids is 2. The zero-order valence-electron chi connectivity index (χ0n) is 72.1. The van der Waals surface area contributed by atoms with Crippen LogP contribution in [0.4, 0.5) is 43.8 Å². The molecule has 3 aromatic heterocycles. The molecule has 6 aromatic carbocycles. The minimum atomic E-state index is -5.03. The fourth-order valence-electron chi connectivity index (χ4n) is 15.0. The number of halogens is 6. The first-order valence-electron chi connectivity index (χ1n) is 42.5. The molecule has 2 aliphatic carbocycles. The van der Waals surface area contributed by atoms with Gasteiger partial charge in [-0.2, -0.15) is 21.8 Å². The van der Waals surface area contributed by atoms with Gasteiger partial charge in [-0.3, -0.25) is 38.4 Å². The molecule has 40 heteroatoms. The molecule has 6 aliphatic rings. The van der Waals surface area contributed by atoms with E-state index in [4.69, 9.17) is 27.4 Å². The Kier molecular flexibility index (Phi) is 34.1. The number of nitrogens with zero attached hydrogens (tertiary/aromatic N) is 6. The van der Waals surface area contributed by atoms with Gasteiger partial charge in [0.2, 0.25) is 41.9 Å². The Hall–Kier alpha value is -12.8. The van der Waals surface area contributed by atoms with Crippen molar-refractivity contribution in [3.63, 3.8) is 0 Å². The Morgan fingerprint density at radius 2 is 0.818 bits per heavy atom. The summed E-state index contributed by atoms with van der Waals surface area (Å²) >= 11 is 0. The quantitative estimate of drug-likeness (QED) is 0.0168. The van der Waals surface area contributed by atoms with Crippen molar-refractivity contribution in [3.05, 3.63) is 197 Å². The average Bonchev–Trinajstić information content (AvgIpc) is 0.978. The van der Waals surface area contributed by atoms with E-state index in [1.54, 1.807) is 92.5 Å². The van der Waals surface area contributed by atoms with Gasteiger partial charge in [-0.15, -0.1) is 0 Å². The lowest BCUT2D eigenvalue weighted by Gasteiger charge is -2.32. The van der Waals surface area contributed by atoms with Gasteiger partial charge in [0.1, 0.15) is 34.9 Å². The van der Waals surface area contributed by atoms with Crippen LogP contribution in [-0.2, 0) is 73.3 Å². The molecule has 1 unspecified atom stereocenters. The highest BCUT2D eigenvalue weighted by molar-refractivity contribution is 7.90. The highest BCUT2D eigenvalue weighted by atomic mass is 32.2. The van der Waals surface area contributed by atoms with Crippen LogP contribution in [0.5, 0.6) is 0 Å². The second-order valence-corrected chi connectivity index (χ2v) is 37.0. The van der Waals surface area contributed by atoms with Crippen LogP contribution < -0.4 is 48.5 Å². The molecule has 15 rings (SSSR count). The Balaban J connectivity index is 0.000000194. The van der Waals surface area contributed by atoms with Crippen LogP contribution >= 0.6 is 0 Å². The number of carboxylic acids is 2. The summed E-state index contributed by atoms with van der Waals surface area (Å²) in [5.74, 6) is -5.60. The van der Waals surface area contributed by atoms with Crippen molar-refractivity contribution in [3.8, 4) is 66.8 Å². The number of piperidine rings is 1. The van der Waals surface area contributed by atoms with Crippen molar-refractivity contribution in [1.29, 1.82) is 0 Å². The van der Waals surface area contributed by atoms with Crippen molar-refractivity contribution < 1.29 is 100 Å². The van der Waals surface area contributed by atoms with Gasteiger partial charge in [-0.1, -0.05) is 89.7 Å². The molecular formula is C92H105F6N15O16S3. The van der Waals surface area contributed by atoms with Crippen molar-refractivity contribution >= 4 is 94.9 Å². The first-order valence-corrected chi connectivity index (χ1v) is 46.9. The van der Waals surface area contributed by atoms with E-state index >= 15 is 13.2 Å². The number of likely N-dealkylation sites (tertiary alicyclic amines) is 1. The molecule has 7 heterocycles. The fraction of sp³-hybridized carbons (Fsp3) is 0.359. The molecule has 1 atom stereocenters. The third kappa shape index (κ3) is 25.5. The SMILES string of the molecule is C.CCC(=O)N1CCCC(NS(=O)(=O)c2ccc(-c3cnc(N)c(-c4ccc5c(c4)CCNC5=O)c3)c(F)c2)C1.CCC(=O)NCCCN(C1CC1)S(=O)(=O)c1ccc(-c2cnc(N)c(-c3ccc4c(c3)CCNC4=O)c2)c(F)c1.CCC(=O)O.CCC(=O)O.Nc1ncc(-c2ccc(S(=O)(=O)N(CCCNC(=O)C(F)(F)F)C3CC3)cc2F)cc1-c1ccc2c(c1)CCNC2=O. The number of aromatic nitrogens is 3. The van der Waals surface area contributed by atoms with E-state index in [0.29, 0.717) is 159 Å². The van der Waals surface area contributed by atoms with Crippen LogP contribution in [0.2, 0.25) is 0 Å². The van der Waals surface area contributed by atoms with Gasteiger partial charge >= 0.3 is 24.0 Å². The van der Waals surface area contributed by atoms with Gasteiger partial charge in [0.25, 0.3) is 17.7 Å². The van der Waals surface area contributed by atoms with Gasteiger partial charge in [0.05, 0.1) is 14.7 Å². The summed E-state index contributed by atoms with van der Waals surface area (Å²) in [6.45, 7) is 9.35. The number of anilines is 3. The van der Waals surface area contributed by atoms with Crippen molar-refractivity contribution in [2.24, 2.45) is 0 Å². The standard InChI is InChI=1S/C29H32FN5O4S.C28H27F4N5O4S.C28H30FN5O4S.2C3H6O2.CH4/c1-2-27(36)32-11-3-13-35(21-5-6-21)40(38,39)22-7-9-23(26(30)16-22)20-15-25(28(31)34-17-20)18-4-8-24-19(14-18)10-12-33-29(24)37;29-24-14-20(42(40,41)37(19-3-4-19)11-1-9-35-27(39)28(30,31)32)5-7-21(24)18-13-23(25(33)36-15-18)16-2-6-22-17(12-16)8-10-34-26(22)38;1-2-26(35)34-11-3-4-20(16-34)33-39(37,38)21-6-8-22(25(29)14-21)19-13-24(27(30)32-15-19)17-5-7-23-18(12-17)9-10-31-28(23)36;2*1-2-3(4)5;/h4,7-9,14-17,21H,2-3,5-6,10-13H2,1H3,(H2,31,34)(H,32,36)(H,33,37);2,5-7,12-15,19H,1,3-4,8-11H2,(H2,33,36)(H,34,38)(H,35,39);5-8,12-15,20,33H,2-4,9-11,16H2,1H3,(H2,30,32)(H,31,36);2*2H2,1H3,(H,4,5);1H4. The molecule has 704 valence electrons. The average molecular weight is 1890 g/mol. The number of pyridine rings is 3. The van der Waals surface area contributed by atoms with Gasteiger partial charge in [0.15, 0.2) is 0 Å². The van der Waals surface area contributed by atoms with E-state index in [9.17, 15) is 76.8 Å². The van der Waals surface area contributed by atoms with Crippen LogP contribution in [0, 0.1) is 17.5 Å². The van der Waals surface area contributed by atoms with Crippen LogP contribution in [0.1, 0.15) is 160 Å². The number of hydrogen-bond donors (Lipinski definition) is 11. The lowest BCUT2D eigenvalue weighted by molar-refractivity contribution is -0.173. The molecule has 2 saturated carbocycles. The molecule has 0 radical (unpaired) electrons. The van der Waals surface area contributed by atoms with Crippen LogP contribution in [0.25, 0.3) is 66.8 Å². The summed E-state index contributed by atoms with van der Waals surface area (Å²) in [5, 5.41) is 28.3. The van der Waals surface area contributed by atoms with E-state index in [0.717, 1.165) is 63.2 Å². The second kappa shape index (κ2) is 44.4. The number of carbonyl (C=O) groups excluding carboxylic acids is 6. The molecule has 4 aliphatic heterocycles. The highest BCUT2D eigenvalue weighted by Crippen LogP contribution is 2.41. The summed E-state index contributed by atoms with van der Waals surface area (Å²) < 4.78 is 168. The predicted molar refractivity (Wildman–Crippen MR) is 485 cm³/mol. The molecule has 0 bridgehead atoms. The minimum Gasteiger partial charge on any atom is -0.481 e. The van der Waals surface area contributed by atoms with Gasteiger partial charge in [0, 0.05) is 188 Å². The Morgan fingerprint density at radius 3 is 1.15 bits per heavy atom. The lowest BCUT2D eigenvalue weighted by Crippen LogP contribution is -2.49. The first-order chi connectivity index (χ1) is 62.2. The summed E-state index contributed by atoms with van der Waals surface area (Å²) in [5.41, 5.74) is 28.5. The van der Waals surface area contributed by atoms with E-state index in [1.807, 2.05) is 18.2 Å². The molecule has 14 N–H and O–H groups in total. The lowest BCUT2D eigenvalue weighted by atomic mass is 9.94. The van der Waals surface area contributed by atoms with Gasteiger partial charge in [-0.05, 0) is 177 Å². The molecule has 31 nitrogen and oxygen atoms in total. The number of nitrogen functional groups attached to an aromatic ring is 3. The van der Waals surface area contributed by atoms with E-state index in [2.05, 4.69) is 40.9 Å². The topological polar surface area (TPSA) is 478 Å². The molecule has 1 saturated heterocycles. The van der Waals surface area contributed by atoms with E-state index in [1.165, 1.54) is 59.3 Å². The third-order valence-corrected chi connectivity index (χ3v) is 27.7. The molecule has 0 spiro atoms. The summed E-state index contributed by atoms with van der Waals surface area (Å²) in [6.07, 6.45) is 6.81. The molecule has 9 aromatic rings. The predicted octanol–water partition coefficient (Wildman–Crippen LogP) is 11.8.